The van der Waals surface area contributed by atoms with Gasteiger partial charge >= 0.3 is 0 Å². The molecule has 0 radical (unpaired) electrons. The van der Waals surface area contributed by atoms with Crippen LogP contribution in [0.15, 0.2) is 20.9 Å². The molecule has 0 saturated carbocycles. The first-order chi connectivity index (χ1) is 9.45. The van der Waals surface area contributed by atoms with E-state index in [1.807, 2.05) is 0 Å². The van der Waals surface area contributed by atoms with Crippen LogP contribution < -0.4 is 22.2 Å². The van der Waals surface area contributed by atoms with Crippen LogP contribution in [0.2, 0.25) is 0 Å². The molecule has 0 saturated heterocycles. The Morgan fingerprint density at radius 3 is 2.25 bits per heavy atom. The van der Waals surface area contributed by atoms with E-state index in [-0.39, 0.29) is 33.9 Å². The van der Waals surface area contributed by atoms with Gasteiger partial charge in [0.15, 0.2) is 0 Å². The molecule has 0 atom stereocenters. The van der Waals surface area contributed by atoms with E-state index in [9.17, 15) is 5.11 Å². The molecular formula is C8H10N8O2S2. The lowest BCUT2D eigenvalue weighted by Gasteiger charge is -2.13. The molecule has 106 valence electrons. The van der Waals surface area contributed by atoms with Crippen LogP contribution in [-0.4, -0.2) is 32.1 Å². The van der Waals surface area contributed by atoms with Gasteiger partial charge in [0.05, 0.1) is 10.8 Å². The number of hydrazone groups is 1. The molecule has 2 heterocycles. The Morgan fingerprint density at radius 2 is 1.75 bits per heavy atom. The zero-order valence-electron chi connectivity index (χ0n) is 9.83. The van der Waals surface area contributed by atoms with Gasteiger partial charge < -0.3 is 27.4 Å². The van der Waals surface area contributed by atoms with Crippen molar-refractivity contribution in [2.45, 2.75) is 0 Å². The number of hydrogen-bond donors (Lipinski definition) is 5. The highest BCUT2D eigenvalue weighted by atomic mass is 32.1. The molecule has 0 spiro atoms. The minimum atomic E-state index is -0.264. The van der Waals surface area contributed by atoms with Crippen molar-refractivity contribution in [3.63, 3.8) is 0 Å². The minimum Gasteiger partial charge on any atom is -0.493 e. The molecule has 10 nitrogen and oxygen atoms in total. The van der Waals surface area contributed by atoms with Crippen LogP contribution in [0.1, 0.15) is 0 Å². The van der Waals surface area contributed by atoms with Gasteiger partial charge in [-0.2, -0.15) is 20.0 Å². The van der Waals surface area contributed by atoms with E-state index < -0.39 is 0 Å². The molecule has 0 bridgehead atoms. The maximum atomic E-state index is 9.25. The van der Waals surface area contributed by atoms with Gasteiger partial charge in [0.1, 0.15) is 0 Å². The Bertz CT molecular complexity index is 659. The average molecular weight is 314 g/mol. The van der Waals surface area contributed by atoms with E-state index in [0.717, 1.165) is 27.7 Å². The van der Waals surface area contributed by atoms with Crippen molar-refractivity contribution in [3.8, 4) is 11.8 Å². The fourth-order valence-corrected chi connectivity index (χ4v) is 2.31. The molecule has 20 heavy (non-hydrogen) atoms. The quantitative estimate of drug-likeness (QED) is 0.290. The second-order valence-corrected chi connectivity index (χ2v) is 4.96. The van der Waals surface area contributed by atoms with E-state index in [0.29, 0.717) is 0 Å². The minimum absolute atomic E-state index is 0.123. The van der Waals surface area contributed by atoms with Gasteiger partial charge in [-0.1, -0.05) is 22.7 Å². The SMILES string of the molecule is NC(N)=NN(C(N)=Nc1nc(O)cs1)c1nc(O)cs1. The Kier molecular flexibility index (Phi) is 3.86. The molecule has 2 aromatic rings. The van der Waals surface area contributed by atoms with Gasteiger partial charge in [-0.3, -0.25) is 0 Å². The average Bonchev–Trinajstić information content (AvgIpc) is 2.95. The van der Waals surface area contributed by atoms with Gasteiger partial charge in [-0.15, -0.1) is 5.10 Å². The highest BCUT2D eigenvalue weighted by Gasteiger charge is 2.16. The van der Waals surface area contributed by atoms with Gasteiger partial charge in [0.25, 0.3) is 0 Å². The number of aromatic nitrogens is 2. The summed E-state index contributed by atoms with van der Waals surface area (Å²) in [5, 5.41) is 26.4. The Labute approximate surface area is 120 Å². The fourth-order valence-electron chi connectivity index (χ4n) is 1.11. The van der Waals surface area contributed by atoms with Crippen molar-refractivity contribution in [2.24, 2.45) is 27.3 Å². The molecule has 0 fully saturated rings. The van der Waals surface area contributed by atoms with Crippen molar-refractivity contribution in [1.29, 1.82) is 0 Å². The lowest BCUT2D eigenvalue weighted by Crippen LogP contribution is -2.37. The van der Waals surface area contributed by atoms with Crippen molar-refractivity contribution < 1.29 is 10.2 Å². The molecule has 2 aromatic heterocycles. The first kappa shape index (κ1) is 13.8. The summed E-state index contributed by atoms with van der Waals surface area (Å²) in [6.45, 7) is 0. The number of thiazole rings is 2. The molecule has 2 rings (SSSR count). The fraction of sp³-hybridized carbons (Fsp3) is 0. The molecule has 12 heteroatoms. The van der Waals surface area contributed by atoms with Crippen LogP contribution in [0.4, 0.5) is 10.3 Å². The lowest BCUT2D eigenvalue weighted by molar-refractivity contribution is 0.457. The Morgan fingerprint density at radius 1 is 1.10 bits per heavy atom. The molecule has 0 aliphatic heterocycles. The predicted octanol–water partition coefficient (Wildman–Crippen LogP) is -0.348. The topological polar surface area (TPSA) is 172 Å². The van der Waals surface area contributed by atoms with Gasteiger partial charge in [0, 0.05) is 0 Å². The summed E-state index contributed by atoms with van der Waals surface area (Å²) < 4.78 is 0. The lowest BCUT2D eigenvalue weighted by atomic mass is 10.8. The molecule has 0 aromatic carbocycles. The van der Waals surface area contributed by atoms with Gasteiger partial charge in [-0.05, 0) is 0 Å². The second-order valence-electron chi connectivity index (χ2n) is 3.28. The van der Waals surface area contributed by atoms with Gasteiger partial charge in [-0.25, -0.2) is 0 Å². The summed E-state index contributed by atoms with van der Waals surface area (Å²) >= 11 is 2.15. The van der Waals surface area contributed by atoms with Crippen molar-refractivity contribution in [1.82, 2.24) is 9.97 Å². The number of rotatable bonds is 3. The third-order valence-corrected chi connectivity index (χ3v) is 3.31. The number of anilines is 1. The van der Waals surface area contributed by atoms with E-state index in [2.05, 4.69) is 20.1 Å². The normalized spacial score (nSPS) is 11.3. The maximum Gasteiger partial charge on any atom is 0.226 e. The van der Waals surface area contributed by atoms with Crippen LogP contribution in [0.25, 0.3) is 0 Å². The first-order valence-electron chi connectivity index (χ1n) is 4.98. The number of nitrogens with zero attached hydrogens (tertiary/aromatic N) is 5. The largest absolute Gasteiger partial charge is 0.493 e. The summed E-state index contributed by atoms with van der Waals surface area (Å²) in [6.07, 6.45) is 0. The summed E-state index contributed by atoms with van der Waals surface area (Å²) in [5.74, 6) is -0.746. The third-order valence-electron chi connectivity index (χ3n) is 1.78. The summed E-state index contributed by atoms with van der Waals surface area (Å²) in [4.78, 5) is 11.5. The highest BCUT2D eigenvalue weighted by Crippen LogP contribution is 2.26. The number of aromatic hydroxyl groups is 2. The third kappa shape index (κ3) is 3.24. The van der Waals surface area contributed by atoms with Crippen LogP contribution in [0, 0.1) is 0 Å². The zero-order chi connectivity index (χ0) is 14.7. The molecule has 0 aliphatic carbocycles. The monoisotopic (exact) mass is 314 g/mol. The standard InChI is InChI=1S/C8H10N8O2S2/c9-5(10)15-16(8-13-4(18)2-20-8)6(11)14-7-12-3(17)1-19-7/h1-2,17-18H,(H4,9,10,15)(H2,11,12,14). The zero-order valence-corrected chi connectivity index (χ0v) is 11.5. The van der Waals surface area contributed by atoms with Crippen LogP contribution >= 0.6 is 22.7 Å². The number of aliphatic imine (C=N–C) groups is 1. The molecule has 0 aliphatic rings. The number of guanidine groups is 2. The number of nitrogens with two attached hydrogens (primary N) is 3. The van der Waals surface area contributed by atoms with E-state index in [1.165, 1.54) is 10.8 Å². The highest BCUT2D eigenvalue weighted by molar-refractivity contribution is 7.14. The van der Waals surface area contributed by atoms with Crippen molar-refractivity contribution in [3.05, 3.63) is 10.8 Å². The van der Waals surface area contributed by atoms with Crippen molar-refractivity contribution in [2.75, 3.05) is 5.01 Å². The molecular weight excluding hydrogens is 304 g/mol. The molecule has 0 amide bonds. The van der Waals surface area contributed by atoms with Gasteiger partial charge in [0.2, 0.25) is 33.9 Å². The van der Waals surface area contributed by atoms with E-state index in [4.69, 9.17) is 22.3 Å². The second kappa shape index (κ2) is 5.58. The molecule has 8 N–H and O–H groups in total. The maximum absolute atomic E-state index is 9.25. The predicted molar refractivity (Wildman–Crippen MR) is 77.1 cm³/mol. The summed E-state index contributed by atoms with van der Waals surface area (Å²) in [5.41, 5.74) is 16.4. The van der Waals surface area contributed by atoms with Crippen LogP contribution in [-0.2, 0) is 0 Å². The number of hydrogen-bond acceptors (Lipinski definition) is 8. The van der Waals surface area contributed by atoms with Crippen molar-refractivity contribution >= 4 is 44.9 Å². The Hall–Kier alpha value is -2.60. The van der Waals surface area contributed by atoms with Crippen LogP contribution in [0.5, 0.6) is 11.8 Å². The summed E-state index contributed by atoms with van der Waals surface area (Å²) in [6, 6.07) is 0. The van der Waals surface area contributed by atoms with E-state index >= 15 is 0 Å². The van der Waals surface area contributed by atoms with Crippen LogP contribution in [0.3, 0.4) is 0 Å². The smallest absolute Gasteiger partial charge is 0.226 e. The molecule has 0 unspecified atom stereocenters. The Balaban J connectivity index is 2.36. The summed E-state index contributed by atoms with van der Waals surface area (Å²) in [7, 11) is 0. The first-order valence-corrected chi connectivity index (χ1v) is 6.74. The van der Waals surface area contributed by atoms with E-state index in [1.54, 1.807) is 0 Å².